The first-order valence-corrected chi connectivity index (χ1v) is 6.29. The Morgan fingerprint density at radius 2 is 1.95 bits per heavy atom. The summed E-state index contributed by atoms with van der Waals surface area (Å²) in [4.78, 5) is 14.4. The number of aromatic nitrogens is 1. The van der Waals surface area contributed by atoms with Crippen molar-refractivity contribution in [2.75, 3.05) is 5.32 Å². The molecule has 3 N–H and O–H groups in total. The van der Waals surface area contributed by atoms with Gasteiger partial charge in [-0.1, -0.05) is 35.9 Å². The van der Waals surface area contributed by atoms with E-state index >= 15 is 0 Å². The van der Waals surface area contributed by atoms with Crippen molar-refractivity contribution in [2.45, 2.75) is 13.1 Å². The third-order valence-electron chi connectivity index (χ3n) is 2.75. The Labute approximate surface area is 120 Å². The second-order valence-corrected chi connectivity index (χ2v) is 4.59. The average Bonchev–Trinajstić information content (AvgIpc) is 2.46. The Hall–Kier alpha value is -2.18. The van der Waals surface area contributed by atoms with Gasteiger partial charge < -0.3 is 11.1 Å². The van der Waals surface area contributed by atoms with Crippen LogP contribution in [0.1, 0.15) is 11.1 Å². The predicted octanol–water partition coefficient (Wildman–Crippen LogP) is 2.71. The van der Waals surface area contributed by atoms with Crippen LogP contribution in [0.15, 0.2) is 36.5 Å². The molecule has 20 heavy (non-hydrogen) atoms. The van der Waals surface area contributed by atoms with Gasteiger partial charge in [0.05, 0.1) is 9.95 Å². The molecule has 1 aromatic heterocycles. The number of halogens is 1. The summed E-state index contributed by atoms with van der Waals surface area (Å²) in [6.45, 7) is 0.915. The summed E-state index contributed by atoms with van der Waals surface area (Å²) < 4.78 is 0. The van der Waals surface area contributed by atoms with E-state index in [1.807, 2.05) is 24.3 Å². The van der Waals surface area contributed by atoms with Gasteiger partial charge in [0.25, 0.3) is 0 Å². The number of anilines is 1. The highest BCUT2D eigenvalue weighted by atomic mass is 35.5. The van der Waals surface area contributed by atoms with Gasteiger partial charge in [-0.15, -0.1) is 0 Å². The number of benzene rings is 1. The van der Waals surface area contributed by atoms with Crippen molar-refractivity contribution in [3.05, 3.63) is 62.8 Å². The Kier molecular flexibility index (Phi) is 4.49. The van der Waals surface area contributed by atoms with Gasteiger partial charge in [-0.2, -0.15) is 0 Å². The molecule has 0 bridgehead atoms. The van der Waals surface area contributed by atoms with Gasteiger partial charge in [-0.05, 0) is 11.1 Å². The van der Waals surface area contributed by atoms with Crippen LogP contribution < -0.4 is 11.1 Å². The molecule has 0 aliphatic carbocycles. The van der Waals surface area contributed by atoms with Gasteiger partial charge in [0.2, 0.25) is 5.82 Å². The fourth-order valence-corrected chi connectivity index (χ4v) is 1.84. The van der Waals surface area contributed by atoms with Crippen LogP contribution in [0.2, 0.25) is 5.02 Å². The molecule has 1 aromatic carbocycles. The molecule has 0 saturated carbocycles. The standard InChI is InChI=1S/C13H13ClN4O2/c14-11-5-12(18(19)20)13(17-8-11)16-7-10-3-1-9(6-15)2-4-10/h1-5,8H,6-7,15H2,(H,16,17). The molecule has 0 saturated heterocycles. The third-order valence-corrected chi connectivity index (χ3v) is 2.96. The lowest BCUT2D eigenvalue weighted by Crippen LogP contribution is -2.05. The first kappa shape index (κ1) is 14.2. The summed E-state index contributed by atoms with van der Waals surface area (Å²) in [5.41, 5.74) is 7.39. The largest absolute Gasteiger partial charge is 0.360 e. The first-order chi connectivity index (χ1) is 9.60. The average molecular weight is 293 g/mol. The Morgan fingerprint density at radius 1 is 1.30 bits per heavy atom. The molecule has 0 aliphatic rings. The number of rotatable bonds is 5. The molecular formula is C13H13ClN4O2. The summed E-state index contributed by atoms with van der Waals surface area (Å²) in [6.07, 6.45) is 1.37. The number of nitrogens with one attached hydrogen (secondary N) is 1. The molecule has 2 rings (SSSR count). The van der Waals surface area contributed by atoms with Crippen LogP contribution in [-0.4, -0.2) is 9.91 Å². The van der Waals surface area contributed by atoms with Crippen LogP contribution in [0.25, 0.3) is 0 Å². The van der Waals surface area contributed by atoms with Gasteiger partial charge in [0.1, 0.15) is 0 Å². The van der Waals surface area contributed by atoms with Crippen molar-refractivity contribution < 1.29 is 4.92 Å². The van der Waals surface area contributed by atoms with Crippen molar-refractivity contribution in [3.63, 3.8) is 0 Å². The van der Waals surface area contributed by atoms with E-state index < -0.39 is 4.92 Å². The van der Waals surface area contributed by atoms with Crippen molar-refractivity contribution >= 4 is 23.1 Å². The van der Waals surface area contributed by atoms with Crippen LogP contribution in [-0.2, 0) is 13.1 Å². The van der Waals surface area contributed by atoms with E-state index in [1.54, 1.807) is 0 Å². The van der Waals surface area contributed by atoms with Crippen molar-refractivity contribution in [3.8, 4) is 0 Å². The van der Waals surface area contributed by atoms with Crippen molar-refractivity contribution in [1.29, 1.82) is 0 Å². The fourth-order valence-electron chi connectivity index (χ4n) is 1.68. The molecule has 2 aromatic rings. The smallest absolute Gasteiger partial charge is 0.312 e. The van der Waals surface area contributed by atoms with Gasteiger partial charge in [0, 0.05) is 25.4 Å². The highest BCUT2D eigenvalue weighted by Gasteiger charge is 2.15. The monoisotopic (exact) mass is 292 g/mol. The van der Waals surface area contributed by atoms with Crippen LogP contribution in [0.4, 0.5) is 11.5 Å². The van der Waals surface area contributed by atoms with Crippen LogP contribution in [0.5, 0.6) is 0 Å². The molecule has 104 valence electrons. The lowest BCUT2D eigenvalue weighted by Gasteiger charge is -2.07. The quantitative estimate of drug-likeness (QED) is 0.653. The van der Waals surface area contributed by atoms with E-state index in [0.717, 1.165) is 11.1 Å². The molecule has 0 atom stereocenters. The molecule has 0 unspecified atom stereocenters. The van der Waals surface area contributed by atoms with Crippen LogP contribution in [0, 0.1) is 10.1 Å². The zero-order chi connectivity index (χ0) is 14.5. The van der Waals surface area contributed by atoms with E-state index in [4.69, 9.17) is 17.3 Å². The molecule has 0 fully saturated rings. The minimum absolute atomic E-state index is 0.143. The lowest BCUT2D eigenvalue weighted by molar-refractivity contribution is -0.384. The minimum atomic E-state index is -0.515. The number of nitrogens with two attached hydrogens (primary N) is 1. The van der Waals surface area contributed by atoms with Gasteiger partial charge >= 0.3 is 5.69 Å². The van der Waals surface area contributed by atoms with Gasteiger partial charge in [-0.3, -0.25) is 10.1 Å². The van der Waals surface area contributed by atoms with Gasteiger partial charge in [0.15, 0.2) is 0 Å². The van der Waals surface area contributed by atoms with E-state index in [0.29, 0.717) is 13.1 Å². The van der Waals surface area contributed by atoms with E-state index in [-0.39, 0.29) is 16.5 Å². The fraction of sp³-hybridized carbons (Fsp3) is 0.154. The number of hydrogen-bond acceptors (Lipinski definition) is 5. The summed E-state index contributed by atoms with van der Waals surface area (Å²) in [7, 11) is 0. The van der Waals surface area contributed by atoms with Gasteiger partial charge in [-0.25, -0.2) is 4.98 Å². The minimum Gasteiger partial charge on any atom is -0.360 e. The third kappa shape index (κ3) is 3.43. The maximum atomic E-state index is 10.9. The predicted molar refractivity (Wildman–Crippen MR) is 77.6 cm³/mol. The van der Waals surface area contributed by atoms with E-state index in [1.165, 1.54) is 12.3 Å². The maximum absolute atomic E-state index is 10.9. The summed E-state index contributed by atoms with van der Waals surface area (Å²) >= 11 is 5.70. The first-order valence-electron chi connectivity index (χ1n) is 5.92. The molecular weight excluding hydrogens is 280 g/mol. The Bertz CT molecular complexity index is 616. The normalized spacial score (nSPS) is 10.3. The summed E-state index contributed by atoms with van der Waals surface area (Å²) in [5, 5.41) is 14.1. The molecule has 6 nitrogen and oxygen atoms in total. The molecule has 0 amide bonds. The van der Waals surface area contributed by atoms with E-state index in [9.17, 15) is 10.1 Å². The SMILES string of the molecule is NCc1ccc(CNc2ncc(Cl)cc2[N+](=O)[O-])cc1. The Balaban J connectivity index is 2.12. The second-order valence-electron chi connectivity index (χ2n) is 4.15. The molecule has 0 spiro atoms. The topological polar surface area (TPSA) is 94.1 Å². The number of hydrogen-bond donors (Lipinski definition) is 2. The highest BCUT2D eigenvalue weighted by molar-refractivity contribution is 6.30. The number of nitrogens with zero attached hydrogens (tertiary/aromatic N) is 2. The summed E-state index contributed by atoms with van der Waals surface area (Å²) in [5.74, 6) is 0.197. The zero-order valence-corrected chi connectivity index (χ0v) is 11.3. The highest BCUT2D eigenvalue weighted by Crippen LogP contribution is 2.25. The van der Waals surface area contributed by atoms with Crippen molar-refractivity contribution in [1.82, 2.24) is 4.98 Å². The van der Waals surface area contributed by atoms with Crippen LogP contribution in [0.3, 0.4) is 0 Å². The van der Waals surface area contributed by atoms with Crippen LogP contribution >= 0.6 is 11.6 Å². The maximum Gasteiger partial charge on any atom is 0.312 e. The molecule has 1 heterocycles. The molecule has 0 radical (unpaired) electrons. The number of pyridine rings is 1. The summed E-state index contributed by atoms with van der Waals surface area (Å²) in [6, 6.07) is 8.93. The number of nitro groups is 1. The molecule has 0 aliphatic heterocycles. The van der Waals surface area contributed by atoms with E-state index in [2.05, 4.69) is 10.3 Å². The zero-order valence-electron chi connectivity index (χ0n) is 10.5. The lowest BCUT2D eigenvalue weighted by atomic mass is 10.1. The van der Waals surface area contributed by atoms with Crippen molar-refractivity contribution in [2.24, 2.45) is 5.73 Å². The second kappa shape index (κ2) is 6.31. The molecule has 7 heteroatoms. The Morgan fingerprint density at radius 3 is 2.55 bits per heavy atom.